The second-order valence-corrected chi connectivity index (χ2v) is 4.21. The first-order valence-corrected chi connectivity index (χ1v) is 5.75. The summed E-state index contributed by atoms with van der Waals surface area (Å²) in [6, 6.07) is 14.1. The Morgan fingerprint density at radius 1 is 1.11 bits per heavy atom. The molecule has 3 rings (SSSR count). The fourth-order valence-corrected chi connectivity index (χ4v) is 2.07. The number of fused-ring (bicyclic) bond motifs is 1. The van der Waals surface area contributed by atoms with Crippen LogP contribution in [-0.4, -0.2) is 4.92 Å². The van der Waals surface area contributed by atoms with E-state index >= 15 is 0 Å². The standard InChI is InChI=1S/C15H10NO3/c1-10-13-8-7-12(16(17)18)9-14(13)19-15(10)11-5-3-2-4-6-11/h2-9H,1H2. The van der Waals surface area contributed by atoms with Crippen LogP contribution in [0.3, 0.4) is 0 Å². The van der Waals surface area contributed by atoms with Crippen LogP contribution >= 0.6 is 0 Å². The van der Waals surface area contributed by atoms with Gasteiger partial charge in [-0.3, -0.25) is 10.1 Å². The number of benzene rings is 2. The van der Waals surface area contributed by atoms with Crippen molar-refractivity contribution >= 4 is 16.7 Å². The quantitative estimate of drug-likeness (QED) is 0.507. The van der Waals surface area contributed by atoms with Crippen LogP contribution in [-0.2, 0) is 0 Å². The Kier molecular flexibility index (Phi) is 2.56. The van der Waals surface area contributed by atoms with Crippen molar-refractivity contribution in [3.05, 3.63) is 71.1 Å². The predicted molar refractivity (Wildman–Crippen MR) is 72.8 cm³/mol. The van der Waals surface area contributed by atoms with Crippen molar-refractivity contribution in [2.75, 3.05) is 0 Å². The highest BCUT2D eigenvalue weighted by Gasteiger charge is 2.15. The monoisotopic (exact) mass is 252 g/mol. The molecular formula is C15H10NO3. The van der Waals surface area contributed by atoms with Gasteiger partial charge >= 0.3 is 0 Å². The number of non-ortho nitro benzene ring substituents is 1. The maximum Gasteiger partial charge on any atom is 0.273 e. The topological polar surface area (TPSA) is 56.3 Å². The zero-order chi connectivity index (χ0) is 13.4. The Bertz CT molecular complexity index is 760. The summed E-state index contributed by atoms with van der Waals surface area (Å²) in [6.45, 7) is 4.00. The van der Waals surface area contributed by atoms with E-state index < -0.39 is 4.92 Å². The highest BCUT2D eigenvalue weighted by atomic mass is 16.6. The second-order valence-electron chi connectivity index (χ2n) is 4.21. The fraction of sp³-hybridized carbons (Fsp3) is 0. The van der Waals surface area contributed by atoms with Crippen molar-refractivity contribution in [3.63, 3.8) is 0 Å². The van der Waals surface area contributed by atoms with E-state index in [2.05, 4.69) is 6.92 Å². The van der Waals surface area contributed by atoms with Crippen LogP contribution in [0.1, 0.15) is 5.56 Å². The number of rotatable bonds is 2. The zero-order valence-electron chi connectivity index (χ0n) is 10.00. The molecule has 0 amide bonds. The molecule has 2 aromatic carbocycles. The molecule has 0 atom stereocenters. The summed E-state index contributed by atoms with van der Waals surface area (Å²) in [4.78, 5) is 10.3. The van der Waals surface area contributed by atoms with Gasteiger partial charge in [-0.25, -0.2) is 0 Å². The van der Waals surface area contributed by atoms with Crippen LogP contribution in [0, 0.1) is 17.0 Å². The molecule has 0 saturated heterocycles. The van der Waals surface area contributed by atoms with Crippen LogP contribution in [0.15, 0.2) is 52.9 Å². The normalized spacial score (nSPS) is 10.8. The van der Waals surface area contributed by atoms with Gasteiger partial charge in [0.15, 0.2) is 0 Å². The molecule has 4 heteroatoms. The summed E-state index contributed by atoms with van der Waals surface area (Å²) in [5.74, 6) is 0.649. The van der Waals surface area contributed by atoms with Gasteiger partial charge in [0.2, 0.25) is 0 Å². The van der Waals surface area contributed by atoms with Gasteiger partial charge in [-0.2, -0.15) is 0 Å². The Morgan fingerprint density at radius 2 is 1.84 bits per heavy atom. The number of nitro groups is 1. The van der Waals surface area contributed by atoms with E-state index in [1.165, 1.54) is 12.1 Å². The smallest absolute Gasteiger partial charge is 0.273 e. The van der Waals surface area contributed by atoms with Crippen molar-refractivity contribution in [1.29, 1.82) is 0 Å². The third-order valence-corrected chi connectivity index (χ3v) is 3.02. The zero-order valence-corrected chi connectivity index (χ0v) is 10.00. The third-order valence-electron chi connectivity index (χ3n) is 3.02. The van der Waals surface area contributed by atoms with E-state index in [0.29, 0.717) is 11.3 Å². The second kappa shape index (κ2) is 4.24. The Hall–Kier alpha value is -2.62. The minimum absolute atomic E-state index is 0.0147. The number of nitro benzene ring substituents is 1. The number of hydrogen-bond donors (Lipinski definition) is 0. The van der Waals surface area contributed by atoms with E-state index in [-0.39, 0.29) is 5.69 Å². The van der Waals surface area contributed by atoms with E-state index in [9.17, 15) is 10.1 Å². The van der Waals surface area contributed by atoms with Crippen LogP contribution in [0.2, 0.25) is 0 Å². The van der Waals surface area contributed by atoms with Crippen molar-refractivity contribution in [3.8, 4) is 11.3 Å². The lowest BCUT2D eigenvalue weighted by atomic mass is 10.1. The maximum absolute atomic E-state index is 10.8. The lowest BCUT2D eigenvalue weighted by Gasteiger charge is -1.96. The van der Waals surface area contributed by atoms with Crippen molar-refractivity contribution in [1.82, 2.24) is 0 Å². The summed E-state index contributed by atoms with van der Waals surface area (Å²) in [7, 11) is 0. The summed E-state index contributed by atoms with van der Waals surface area (Å²) in [5.41, 5.74) is 2.15. The van der Waals surface area contributed by atoms with Gasteiger partial charge in [0, 0.05) is 22.6 Å². The molecule has 1 heterocycles. The lowest BCUT2D eigenvalue weighted by Crippen LogP contribution is -1.86. The molecule has 1 aromatic heterocycles. The largest absolute Gasteiger partial charge is 0.456 e. The van der Waals surface area contributed by atoms with Crippen LogP contribution in [0.25, 0.3) is 22.3 Å². The van der Waals surface area contributed by atoms with Gasteiger partial charge in [-0.05, 0) is 13.0 Å². The first kappa shape index (κ1) is 11.5. The predicted octanol–water partition coefficient (Wildman–Crippen LogP) is 4.19. The van der Waals surface area contributed by atoms with Crippen molar-refractivity contribution in [2.24, 2.45) is 0 Å². The highest BCUT2D eigenvalue weighted by molar-refractivity contribution is 5.90. The molecule has 4 nitrogen and oxygen atoms in total. The number of nitrogens with zero attached hydrogens (tertiary/aromatic N) is 1. The van der Waals surface area contributed by atoms with Crippen molar-refractivity contribution in [2.45, 2.75) is 0 Å². The molecule has 0 fully saturated rings. The van der Waals surface area contributed by atoms with E-state index in [4.69, 9.17) is 4.42 Å². The third kappa shape index (κ3) is 1.87. The maximum atomic E-state index is 10.8. The fourth-order valence-electron chi connectivity index (χ4n) is 2.07. The summed E-state index contributed by atoms with van der Waals surface area (Å²) in [5, 5.41) is 11.6. The molecular weight excluding hydrogens is 242 g/mol. The van der Waals surface area contributed by atoms with E-state index in [0.717, 1.165) is 16.5 Å². The Morgan fingerprint density at radius 3 is 2.53 bits per heavy atom. The molecule has 0 spiro atoms. The molecule has 0 N–H and O–H groups in total. The van der Waals surface area contributed by atoms with Gasteiger partial charge in [0.25, 0.3) is 5.69 Å². The lowest BCUT2D eigenvalue weighted by molar-refractivity contribution is -0.384. The van der Waals surface area contributed by atoms with Gasteiger partial charge < -0.3 is 4.42 Å². The number of hydrogen-bond acceptors (Lipinski definition) is 3. The van der Waals surface area contributed by atoms with Crippen molar-refractivity contribution < 1.29 is 9.34 Å². The Balaban J connectivity index is 2.23. The molecule has 0 aliphatic heterocycles. The Labute approximate surface area is 109 Å². The van der Waals surface area contributed by atoms with Gasteiger partial charge in [-0.1, -0.05) is 30.3 Å². The first-order chi connectivity index (χ1) is 9.16. The average molecular weight is 252 g/mol. The van der Waals surface area contributed by atoms with Crippen LogP contribution in [0.4, 0.5) is 5.69 Å². The molecule has 0 bridgehead atoms. The summed E-state index contributed by atoms with van der Waals surface area (Å²) >= 11 is 0. The minimum atomic E-state index is -0.438. The highest BCUT2D eigenvalue weighted by Crippen LogP contribution is 2.34. The molecule has 0 unspecified atom stereocenters. The summed E-state index contributed by atoms with van der Waals surface area (Å²) < 4.78 is 5.71. The van der Waals surface area contributed by atoms with Crippen LogP contribution < -0.4 is 0 Å². The molecule has 1 radical (unpaired) electrons. The SMILES string of the molecule is [CH2]c1c(-c2ccccc2)oc2cc([N+](=O)[O-])ccc12. The molecule has 19 heavy (non-hydrogen) atoms. The first-order valence-electron chi connectivity index (χ1n) is 5.75. The average Bonchev–Trinajstić information content (AvgIpc) is 2.76. The van der Waals surface area contributed by atoms with Gasteiger partial charge in [0.05, 0.1) is 11.0 Å². The minimum Gasteiger partial charge on any atom is -0.456 e. The van der Waals surface area contributed by atoms with Gasteiger partial charge in [-0.15, -0.1) is 0 Å². The number of furan rings is 1. The van der Waals surface area contributed by atoms with Crippen LogP contribution in [0.5, 0.6) is 0 Å². The van der Waals surface area contributed by atoms with E-state index in [1.54, 1.807) is 6.07 Å². The van der Waals surface area contributed by atoms with E-state index in [1.807, 2.05) is 30.3 Å². The molecule has 0 aliphatic carbocycles. The van der Waals surface area contributed by atoms with Gasteiger partial charge in [0.1, 0.15) is 11.3 Å². The molecule has 0 aliphatic rings. The molecule has 3 aromatic rings. The summed E-state index contributed by atoms with van der Waals surface area (Å²) in [6.07, 6.45) is 0. The molecule has 0 saturated carbocycles. The molecule has 93 valence electrons.